The number of alkyl halides is 2. The highest BCUT2D eigenvalue weighted by Gasteiger charge is 2.44. The van der Waals surface area contributed by atoms with E-state index in [2.05, 4.69) is 59.9 Å². The Balaban J connectivity index is 1.18. The first-order valence-electron chi connectivity index (χ1n) is 14.4. The summed E-state index contributed by atoms with van der Waals surface area (Å²) in [6.07, 6.45) is 2.16. The van der Waals surface area contributed by atoms with E-state index in [1.54, 1.807) is 18.2 Å². The molecule has 206 valence electrons. The van der Waals surface area contributed by atoms with Gasteiger partial charge in [0.05, 0.1) is 6.04 Å². The maximum absolute atomic E-state index is 15.4. The van der Waals surface area contributed by atoms with Crippen LogP contribution in [0.25, 0.3) is 38.7 Å². The molecule has 0 fully saturated rings. The van der Waals surface area contributed by atoms with Gasteiger partial charge in [-0.2, -0.15) is 8.78 Å². The lowest BCUT2D eigenvalue weighted by Crippen LogP contribution is -2.27. The van der Waals surface area contributed by atoms with Crippen LogP contribution in [0.4, 0.5) is 8.78 Å². The van der Waals surface area contributed by atoms with Gasteiger partial charge in [-0.15, -0.1) is 0 Å². The molecule has 1 heterocycles. The molecule has 43 heavy (non-hydrogen) atoms. The molecule has 0 spiro atoms. The average molecular weight is 561 g/mol. The summed E-state index contributed by atoms with van der Waals surface area (Å²) in [5.41, 5.74) is 7.19. The van der Waals surface area contributed by atoms with Crippen molar-refractivity contribution in [2.24, 2.45) is 4.99 Å². The first-order chi connectivity index (χ1) is 21.0. The highest BCUT2D eigenvalue weighted by molar-refractivity contribution is 6.07. The summed E-state index contributed by atoms with van der Waals surface area (Å²) >= 11 is 0. The van der Waals surface area contributed by atoms with E-state index in [1.807, 2.05) is 66.7 Å². The zero-order chi connectivity index (χ0) is 29.0. The second kappa shape index (κ2) is 9.88. The smallest absolute Gasteiger partial charge is 0.299 e. The van der Waals surface area contributed by atoms with Crippen LogP contribution < -0.4 is 5.32 Å². The van der Waals surface area contributed by atoms with E-state index < -0.39 is 5.92 Å². The van der Waals surface area contributed by atoms with Crippen molar-refractivity contribution >= 4 is 22.3 Å². The van der Waals surface area contributed by atoms with Crippen molar-refractivity contribution in [2.75, 3.05) is 0 Å². The molecule has 0 amide bonds. The minimum absolute atomic E-state index is 0.0630. The van der Waals surface area contributed by atoms with E-state index in [-0.39, 0.29) is 17.2 Å². The predicted octanol–water partition coefficient (Wildman–Crippen LogP) is 9.76. The van der Waals surface area contributed by atoms with Crippen molar-refractivity contribution in [1.82, 2.24) is 5.32 Å². The number of hydrogen-bond acceptors (Lipinski definition) is 2. The summed E-state index contributed by atoms with van der Waals surface area (Å²) in [5.74, 6) is -2.23. The Bertz CT molecular complexity index is 2080. The number of nitrogens with zero attached hydrogens (tertiary/aromatic N) is 1. The summed E-state index contributed by atoms with van der Waals surface area (Å²) in [6.45, 7) is 0. The Hall–Kier alpha value is -5.35. The van der Waals surface area contributed by atoms with E-state index in [4.69, 9.17) is 4.99 Å². The Morgan fingerprint density at radius 3 is 1.98 bits per heavy atom. The van der Waals surface area contributed by atoms with Gasteiger partial charge in [-0.1, -0.05) is 121 Å². The summed E-state index contributed by atoms with van der Waals surface area (Å²) in [5, 5.41) is 5.66. The van der Waals surface area contributed by atoms with Crippen LogP contribution in [0.1, 0.15) is 33.9 Å². The van der Waals surface area contributed by atoms with Gasteiger partial charge in [0.15, 0.2) is 0 Å². The van der Waals surface area contributed by atoms with Crippen molar-refractivity contribution in [3.63, 3.8) is 0 Å². The number of aliphatic imine (C=N–C) groups is 1. The molecule has 0 aromatic heterocycles. The van der Waals surface area contributed by atoms with Crippen molar-refractivity contribution in [2.45, 2.75) is 12.0 Å². The molecular formula is C39H26F2N2. The zero-order valence-electron chi connectivity index (χ0n) is 23.1. The van der Waals surface area contributed by atoms with Crippen LogP contribution in [-0.4, -0.2) is 5.84 Å². The molecule has 0 radical (unpaired) electrons. The molecule has 1 atom stereocenters. The highest BCUT2D eigenvalue weighted by atomic mass is 19.3. The molecule has 6 aromatic carbocycles. The monoisotopic (exact) mass is 560 g/mol. The third-order valence-electron chi connectivity index (χ3n) is 8.43. The second-order valence-electron chi connectivity index (χ2n) is 11.1. The van der Waals surface area contributed by atoms with Crippen LogP contribution in [0.3, 0.4) is 0 Å². The highest BCUT2D eigenvalue weighted by Crippen LogP contribution is 2.51. The largest absolute Gasteiger partial charge is 0.340 e. The van der Waals surface area contributed by atoms with Gasteiger partial charge in [0.2, 0.25) is 0 Å². The van der Waals surface area contributed by atoms with Crippen LogP contribution in [-0.2, 0) is 5.92 Å². The fourth-order valence-electron chi connectivity index (χ4n) is 6.22. The third kappa shape index (κ3) is 4.34. The number of nitrogens with one attached hydrogen (secondary N) is 1. The quantitative estimate of drug-likeness (QED) is 0.228. The second-order valence-corrected chi connectivity index (χ2v) is 11.1. The Labute approximate surface area is 248 Å². The summed E-state index contributed by atoms with van der Waals surface area (Å²) in [7, 11) is 0. The van der Waals surface area contributed by atoms with Gasteiger partial charge in [0, 0.05) is 22.4 Å². The summed E-state index contributed by atoms with van der Waals surface area (Å²) in [6, 6.07) is 45.0. The fourth-order valence-corrected chi connectivity index (χ4v) is 6.22. The van der Waals surface area contributed by atoms with Gasteiger partial charge in [-0.05, 0) is 68.4 Å². The van der Waals surface area contributed by atoms with Gasteiger partial charge in [-0.3, -0.25) is 4.99 Å². The van der Waals surface area contributed by atoms with Gasteiger partial charge in [0.25, 0.3) is 5.92 Å². The van der Waals surface area contributed by atoms with Crippen molar-refractivity contribution < 1.29 is 8.78 Å². The summed E-state index contributed by atoms with van der Waals surface area (Å²) in [4.78, 5) is 5.11. The first-order valence-corrected chi connectivity index (χ1v) is 14.4. The van der Waals surface area contributed by atoms with E-state index >= 15 is 8.78 Å². The molecular weight excluding hydrogens is 534 g/mol. The van der Waals surface area contributed by atoms with Crippen molar-refractivity contribution in [3.8, 4) is 22.3 Å². The van der Waals surface area contributed by atoms with Crippen LogP contribution in [0.15, 0.2) is 151 Å². The maximum Gasteiger partial charge on any atom is 0.299 e. The molecule has 1 N–H and O–H groups in total. The van der Waals surface area contributed by atoms with E-state index in [1.165, 1.54) is 6.07 Å². The van der Waals surface area contributed by atoms with Crippen LogP contribution in [0.5, 0.6) is 0 Å². The number of amidine groups is 1. The zero-order valence-corrected chi connectivity index (χ0v) is 23.1. The standard InChI is InChI=1S/C39H26F2N2/c40-39(41)34-14-8-7-13-32(34)33-20-19-29(23-35(33)39)28-17-15-25-16-18-30(22-31(25)21-28)38-42-36(26-9-3-1-4-10-26)24-37(43-38)27-11-5-2-6-12-27/h1-24,36H,(H,42,43). The van der Waals surface area contributed by atoms with E-state index in [0.717, 1.165) is 50.1 Å². The normalized spacial score (nSPS) is 16.6. The number of rotatable bonds is 4. The molecule has 8 rings (SSSR count). The van der Waals surface area contributed by atoms with Crippen molar-refractivity contribution in [3.05, 3.63) is 173 Å². The summed E-state index contributed by atoms with van der Waals surface area (Å²) < 4.78 is 30.8. The van der Waals surface area contributed by atoms with Gasteiger partial charge < -0.3 is 5.32 Å². The lowest BCUT2D eigenvalue weighted by molar-refractivity contribution is 0.0480. The maximum atomic E-state index is 15.4. The molecule has 0 saturated carbocycles. The molecule has 1 aliphatic carbocycles. The lowest BCUT2D eigenvalue weighted by atomic mass is 9.95. The average Bonchev–Trinajstić information content (AvgIpc) is 3.30. The predicted molar refractivity (Wildman–Crippen MR) is 171 cm³/mol. The molecule has 1 unspecified atom stereocenters. The molecule has 4 heteroatoms. The van der Waals surface area contributed by atoms with E-state index in [0.29, 0.717) is 11.1 Å². The third-order valence-corrected chi connectivity index (χ3v) is 8.43. The number of benzene rings is 6. The Kier molecular flexibility index (Phi) is 5.83. The van der Waals surface area contributed by atoms with E-state index in [9.17, 15) is 0 Å². The van der Waals surface area contributed by atoms with Gasteiger partial charge in [0.1, 0.15) is 5.84 Å². The number of fused-ring (bicyclic) bond motifs is 4. The molecule has 6 aromatic rings. The number of halogens is 2. The van der Waals surface area contributed by atoms with Gasteiger partial charge in [-0.25, -0.2) is 0 Å². The van der Waals surface area contributed by atoms with Crippen LogP contribution in [0, 0.1) is 0 Å². The SMILES string of the molecule is FC1(F)c2ccccc2-c2ccc(-c3ccc4ccc(C5=NC(c6ccccc6)C=C(c6ccccc6)N5)cc4c3)cc21. The molecule has 2 nitrogen and oxygen atoms in total. The van der Waals surface area contributed by atoms with Crippen LogP contribution in [0.2, 0.25) is 0 Å². The molecule has 2 aliphatic rings. The molecule has 1 aliphatic heterocycles. The Morgan fingerprint density at radius 2 is 1.16 bits per heavy atom. The van der Waals surface area contributed by atoms with Crippen LogP contribution >= 0.6 is 0 Å². The first kappa shape index (κ1) is 25.4. The Morgan fingerprint density at radius 1 is 0.535 bits per heavy atom. The minimum atomic E-state index is -3.02. The number of hydrogen-bond donors (Lipinski definition) is 1. The topological polar surface area (TPSA) is 24.4 Å². The van der Waals surface area contributed by atoms with Crippen molar-refractivity contribution in [1.29, 1.82) is 0 Å². The lowest BCUT2D eigenvalue weighted by Gasteiger charge is -2.23. The molecule has 0 bridgehead atoms. The minimum Gasteiger partial charge on any atom is -0.340 e. The molecule has 0 saturated heterocycles. The van der Waals surface area contributed by atoms with Gasteiger partial charge >= 0.3 is 0 Å². The fraction of sp³-hybridized carbons (Fsp3) is 0.0513.